The third-order valence-corrected chi connectivity index (χ3v) is 6.75. The second-order valence-corrected chi connectivity index (χ2v) is 9.76. The van der Waals surface area contributed by atoms with Crippen LogP contribution in [0.4, 0.5) is 21.4 Å². The number of carboxylic acid groups (broad SMARTS) is 2. The van der Waals surface area contributed by atoms with Gasteiger partial charge in [0.2, 0.25) is 5.00 Å². The molecule has 0 aliphatic carbocycles. The summed E-state index contributed by atoms with van der Waals surface area (Å²) in [6.07, 6.45) is 0. The Hall–Kier alpha value is -1.96. The molecule has 0 amide bonds. The Bertz CT molecular complexity index is 1310. The first-order valence-electron chi connectivity index (χ1n) is 13.2. The zero-order valence-corrected chi connectivity index (χ0v) is 30.9. The van der Waals surface area contributed by atoms with Crippen molar-refractivity contribution in [1.82, 2.24) is 0 Å². The number of ether oxygens (including phenoxy) is 5. The van der Waals surface area contributed by atoms with Crippen LogP contribution >= 0.6 is 11.3 Å². The van der Waals surface area contributed by atoms with E-state index in [-0.39, 0.29) is 85.5 Å². The van der Waals surface area contributed by atoms with E-state index < -0.39 is 25.2 Å². The smallest absolute Gasteiger partial charge is 0.548 e. The molecular formula is C28H33N5Na2O9S. The fourth-order valence-electron chi connectivity index (χ4n) is 3.53. The summed E-state index contributed by atoms with van der Waals surface area (Å²) in [6.45, 7) is 13.1. The zero-order chi connectivity index (χ0) is 31.5. The van der Waals surface area contributed by atoms with Crippen LogP contribution in [-0.2, 0) is 33.3 Å². The van der Waals surface area contributed by atoms with Crippen LogP contribution in [0.2, 0.25) is 0 Å². The number of aryl methyl sites for hydroxylation is 1. The first kappa shape index (κ1) is 43.0. The van der Waals surface area contributed by atoms with Crippen molar-refractivity contribution in [3.8, 4) is 6.07 Å². The van der Waals surface area contributed by atoms with Crippen molar-refractivity contribution in [1.29, 1.82) is 5.26 Å². The molecule has 1 aromatic carbocycles. The number of aliphatic carboxylic acids is 2. The fraction of sp³-hybridized carbons (Fsp3) is 0.500. The molecule has 232 valence electrons. The van der Waals surface area contributed by atoms with E-state index in [0.29, 0.717) is 66.3 Å². The van der Waals surface area contributed by atoms with E-state index in [2.05, 4.69) is 26.0 Å². The summed E-state index contributed by atoms with van der Waals surface area (Å²) in [5.74, 6) is -2.57. The fourth-order valence-corrected chi connectivity index (χ4v) is 4.40. The second kappa shape index (κ2) is 25.2. The number of nitriles is 1. The van der Waals surface area contributed by atoms with Gasteiger partial charge in [-0.05, 0) is 43.2 Å². The molecule has 2 aromatic rings. The van der Waals surface area contributed by atoms with E-state index in [4.69, 9.17) is 30.3 Å². The molecule has 0 atom stereocenters. The number of hydrogen-bond donors (Lipinski definition) is 0. The molecule has 0 saturated heterocycles. The quantitative estimate of drug-likeness (QED) is 0.0514. The minimum Gasteiger partial charge on any atom is -0.548 e. The molecule has 1 heterocycles. The van der Waals surface area contributed by atoms with Gasteiger partial charge in [-0.3, -0.25) is 0 Å². The Kier molecular flexibility index (Phi) is 24.1. The summed E-state index contributed by atoms with van der Waals surface area (Å²) in [5, 5.41) is 39.6. The molecule has 0 radical (unpaired) electrons. The molecule has 0 bridgehead atoms. The van der Waals surface area contributed by atoms with E-state index >= 15 is 0 Å². The van der Waals surface area contributed by atoms with E-state index in [0.717, 1.165) is 22.6 Å². The van der Waals surface area contributed by atoms with E-state index in [1.807, 2.05) is 25.1 Å². The summed E-state index contributed by atoms with van der Waals surface area (Å²) >= 11 is 1.13. The number of carbonyl (C=O) groups excluding carboxylic acids is 2. The molecule has 0 fully saturated rings. The number of rotatable bonds is 22. The van der Waals surface area contributed by atoms with Crippen LogP contribution < -0.4 is 74.2 Å². The molecule has 0 N–H and O–H groups in total. The van der Waals surface area contributed by atoms with Crippen LogP contribution in [0.15, 0.2) is 28.4 Å². The Labute approximate surface area is 310 Å². The number of anilines is 1. The van der Waals surface area contributed by atoms with Crippen LogP contribution in [0.5, 0.6) is 0 Å². The van der Waals surface area contributed by atoms with Gasteiger partial charge in [0.05, 0.1) is 95.8 Å². The van der Waals surface area contributed by atoms with Crippen LogP contribution in [0.1, 0.15) is 16.7 Å². The monoisotopic (exact) mass is 661 g/mol. The van der Waals surface area contributed by atoms with Crippen molar-refractivity contribution >= 4 is 44.7 Å². The molecule has 0 aliphatic heterocycles. The Morgan fingerprint density at radius 2 is 1.40 bits per heavy atom. The average Bonchev–Trinajstić information content (AvgIpc) is 3.29. The Balaban J connectivity index is 0.00000968. The third-order valence-electron chi connectivity index (χ3n) is 5.68. The number of azo groups is 1. The van der Waals surface area contributed by atoms with Gasteiger partial charge in [0, 0.05) is 18.8 Å². The largest absolute Gasteiger partial charge is 1.00 e. The van der Waals surface area contributed by atoms with Crippen LogP contribution in [0.25, 0.3) is 4.85 Å². The minimum atomic E-state index is -1.29. The first-order chi connectivity index (χ1) is 20.8. The maximum Gasteiger partial charge on any atom is 1.00 e. The van der Waals surface area contributed by atoms with E-state index in [9.17, 15) is 25.1 Å². The van der Waals surface area contributed by atoms with Crippen molar-refractivity contribution in [2.75, 3.05) is 84.1 Å². The predicted octanol–water partition coefficient (Wildman–Crippen LogP) is -4.40. The molecule has 2 rings (SSSR count). The third kappa shape index (κ3) is 17.0. The molecule has 0 aliphatic rings. The number of benzene rings is 1. The topological polar surface area (TPSA) is 183 Å². The summed E-state index contributed by atoms with van der Waals surface area (Å²) in [5.41, 5.74) is 3.29. The molecule has 14 nitrogen and oxygen atoms in total. The Morgan fingerprint density at radius 3 is 1.87 bits per heavy atom. The normalized spacial score (nSPS) is 10.5. The molecule has 0 spiro atoms. The van der Waals surface area contributed by atoms with Crippen molar-refractivity contribution in [2.24, 2.45) is 10.2 Å². The van der Waals surface area contributed by atoms with Crippen molar-refractivity contribution in [2.45, 2.75) is 13.8 Å². The van der Waals surface area contributed by atoms with Gasteiger partial charge in [0.15, 0.2) is 0 Å². The second-order valence-electron chi connectivity index (χ2n) is 8.78. The van der Waals surface area contributed by atoms with Crippen LogP contribution in [0.3, 0.4) is 0 Å². The summed E-state index contributed by atoms with van der Waals surface area (Å²) in [6, 6.07) is 7.74. The number of carboxylic acids is 2. The maximum atomic E-state index is 10.4. The maximum absolute atomic E-state index is 10.4. The zero-order valence-electron chi connectivity index (χ0n) is 26.0. The molecule has 45 heavy (non-hydrogen) atoms. The van der Waals surface area contributed by atoms with Gasteiger partial charge in [-0.1, -0.05) is 0 Å². The number of carbonyl (C=O) groups is 2. The SMILES string of the molecule is [C-]#[N+]c1sc(N=Nc2ccc(N(CCOCCOCCOCC(=O)[O-])CCOCCOCC(=O)[O-])cc2C)c(C#N)c1C.[Na+].[Na+]. The van der Waals surface area contributed by atoms with Crippen molar-refractivity contribution in [3.05, 3.63) is 46.3 Å². The molecular weight excluding hydrogens is 628 g/mol. The standard InChI is InChI=1S/C28H35N5O9S.2Na/c1-20-16-22(4-5-24(20)31-32-28-23(17-29)21(2)27(30-3)43-28)33(7-9-39-12-14-41-18-25(34)35)6-8-38-10-11-40-13-15-42-19-26(36)37;;/h4-5,16H,6-15,18-19H2,1-2H3,(H,34,35)(H,36,37);;/q;2*+1/p-2. The summed E-state index contributed by atoms with van der Waals surface area (Å²) in [4.78, 5) is 26.2. The van der Waals surface area contributed by atoms with E-state index in [1.54, 1.807) is 6.92 Å². The summed E-state index contributed by atoms with van der Waals surface area (Å²) < 4.78 is 26.4. The van der Waals surface area contributed by atoms with Crippen molar-refractivity contribution < 1.29 is 103 Å². The van der Waals surface area contributed by atoms with Crippen LogP contribution in [0, 0.1) is 31.8 Å². The average molecular weight is 662 g/mol. The molecule has 0 unspecified atom stereocenters. The minimum absolute atomic E-state index is 0. The van der Waals surface area contributed by atoms with Gasteiger partial charge < -0.3 is 48.4 Å². The van der Waals surface area contributed by atoms with Gasteiger partial charge in [-0.25, -0.2) is 4.85 Å². The number of nitrogens with zero attached hydrogens (tertiary/aromatic N) is 5. The molecule has 1 aromatic heterocycles. The van der Waals surface area contributed by atoms with Crippen LogP contribution in [-0.4, -0.2) is 91.1 Å². The molecule has 17 heteroatoms. The van der Waals surface area contributed by atoms with Gasteiger partial charge >= 0.3 is 59.1 Å². The first-order valence-corrected chi connectivity index (χ1v) is 14.0. The van der Waals surface area contributed by atoms with E-state index in [1.165, 1.54) is 0 Å². The number of thiophene rings is 1. The predicted molar refractivity (Wildman–Crippen MR) is 152 cm³/mol. The Morgan fingerprint density at radius 1 is 0.889 bits per heavy atom. The van der Waals surface area contributed by atoms with Crippen molar-refractivity contribution in [3.63, 3.8) is 0 Å². The van der Waals surface area contributed by atoms with Gasteiger partial charge in [-0.2, -0.15) is 5.26 Å². The number of hydrogen-bond acceptors (Lipinski definition) is 14. The molecule has 0 saturated carbocycles. The van der Waals surface area contributed by atoms with Gasteiger partial charge in [0.25, 0.3) is 0 Å². The van der Waals surface area contributed by atoms with Gasteiger partial charge in [0.1, 0.15) is 11.1 Å². The van der Waals surface area contributed by atoms with Gasteiger partial charge in [-0.15, -0.1) is 21.6 Å². The summed E-state index contributed by atoms with van der Waals surface area (Å²) in [7, 11) is 0.